The van der Waals surface area contributed by atoms with E-state index >= 15 is 0 Å². The molecule has 0 saturated carbocycles. The molecule has 0 rings (SSSR count). The first kappa shape index (κ1) is 6.72. The highest BCUT2D eigenvalue weighted by Crippen LogP contribution is 1.97. The summed E-state index contributed by atoms with van der Waals surface area (Å²) in [5, 5.41) is 16.3. The SMILES string of the molecule is [CH2]/C(C#N)=C(/C)C#N. The minimum atomic E-state index is 0.243. The number of nitrogens with zero attached hydrogens (tertiary/aromatic N) is 2. The number of allylic oxidation sites excluding steroid dienone is 2. The Hall–Kier alpha value is -1.28. The first-order valence-corrected chi connectivity index (χ1v) is 2.05. The monoisotopic (exact) mass is 105 g/mol. The van der Waals surface area contributed by atoms with Gasteiger partial charge in [-0.2, -0.15) is 10.5 Å². The molecule has 0 aromatic carbocycles. The van der Waals surface area contributed by atoms with Crippen LogP contribution in [0.3, 0.4) is 0 Å². The van der Waals surface area contributed by atoms with Crippen LogP contribution in [0.2, 0.25) is 0 Å². The van der Waals surface area contributed by atoms with Crippen LogP contribution in [0.1, 0.15) is 6.92 Å². The van der Waals surface area contributed by atoms with E-state index in [1.165, 1.54) is 0 Å². The molecule has 0 aliphatic rings. The molecule has 0 unspecified atom stereocenters. The van der Waals surface area contributed by atoms with Gasteiger partial charge in [-0.1, -0.05) is 0 Å². The highest BCUT2D eigenvalue weighted by Gasteiger charge is 1.89. The molecule has 2 heteroatoms. The van der Waals surface area contributed by atoms with Crippen LogP contribution in [0.4, 0.5) is 0 Å². The van der Waals surface area contributed by atoms with Crippen molar-refractivity contribution in [1.29, 1.82) is 10.5 Å². The molecule has 0 bridgehead atoms. The molecule has 0 heterocycles. The summed E-state index contributed by atoms with van der Waals surface area (Å²) in [5.74, 6) is 0. The van der Waals surface area contributed by atoms with E-state index in [1.54, 1.807) is 13.0 Å². The average molecular weight is 105 g/mol. The topological polar surface area (TPSA) is 47.6 Å². The second-order valence-electron chi connectivity index (χ2n) is 1.33. The Morgan fingerprint density at radius 2 is 1.88 bits per heavy atom. The van der Waals surface area contributed by atoms with E-state index in [4.69, 9.17) is 10.5 Å². The van der Waals surface area contributed by atoms with Gasteiger partial charge in [-0.25, -0.2) is 0 Å². The van der Waals surface area contributed by atoms with E-state index in [1.807, 2.05) is 6.07 Å². The van der Waals surface area contributed by atoms with Gasteiger partial charge in [0.15, 0.2) is 0 Å². The molecule has 0 spiro atoms. The number of hydrogen-bond acceptors (Lipinski definition) is 2. The zero-order valence-electron chi connectivity index (χ0n) is 4.60. The zero-order chi connectivity index (χ0) is 6.57. The highest BCUT2D eigenvalue weighted by atomic mass is 14.3. The van der Waals surface area contributed by atoms with E-state index < -0.39 is 0 Å². The summed E-state index contributed by atoms with van der Waals surface area (Å²) in [7, 11) is 0. The Morgan fingerprint density at radius 1 is 1.38 bits per heavy atom. The average Bonchev–Trinajstić information content (AvgIpc) is 1.84. The maximum atomic E-state index is 8.14. The Balaban J connectivity index is 4.41. The van der Waals surface area contributed by atoms with Crippen LogP contribution < -0.4 is 0 Å². The van der Waals surface area contributed by atoms with Crippen molar-refractivity contribution in [3.8, 4) is 12.1 Å². The fraction of sp³-hybridized carbons (Fsp3) is 0.167. The lowest BCUT2D eigenvalue weighted by Gasteiger charge is -1.81. The van der Waals surface area contributed by atoms with Gasteiger partial charge in [0, 0.05) is 11.1 Å². The van der Waals surface area contributed by atoms with E-state index in [0.29, 0.717) is 5.57 Å². The zero-order valence-corrected chi connectivity index (χ0v) is 4.60. The van der Waals surface area contributed by atoms with Gasteiger partial charge >= 0.3 is 0 Å². The Kier molecular flexibility index (Phi) is 2.37. The molecule has 39 valence electrons. The summed E-state index contributed by atoms with van der Waals surface area (Å²) >= 11 is 0. The highest BCUT2D eigenvalue weighted by molar-refractivity contribution is 5.36. The van der Waals surface area contributed by atoms with Gasteiger partial charge in [-0.3, -0.25) is 0 Å². The van der Waals surface area contributed by atoms with E-state index in [2.05, 4.69) is 6.92 Å². The van der Waals surface area contributed by atoms with Gasteiger partial charge < -0.3 is 0 Å². The van der Waals surface area contributed by atoms with Crippen molar-refractivity contribution in [3.05, 3.63) is 18.1 Å². The number of rotatable bonds is 0. The molecule has 0 aliphatic heterocycles. The minimum absolute atomic E-state index is 0.243. The Bertz CT molecular complexity index is 166. The lowest BCUT2D eigenvalue weighted by molar-refractivity contribution is 1.39. The maximum absolute atomic E-state index is 8.14. The lowest BCUT2D eigenvalue weighted by Crippen LogP contribution is -1.74. The molecule has 0 amide bonds. The van der Waals surface area contributed by atoms with Crippen LogP contribution in [0.5, 0.6) is 0 Å². The standard InChI is InChI=1S/C6H5N2/c1-5(3-7)6(2)4-8/h1H2,2H3/b6-5+. The van der Waals surface area contributed by atoms with Gasteiger partial charge in [-0.05, 0) is 13.8 Å². The normalized spacial score (nSPS) is 11.0. The third-order valence-corrected chi connectivity index (χ3v) is 0.755. The molecule has 1 radical (unpaired) electrons. The first-order valence-electron chi connectivity index (χ1n) is 2.05. The van der Waals surface area contributed by atoms with E-state index in [-0.39, 0.29) is 5.57 Å². The third kappa shape index (κ3) is 1.45. The quantitative estimate of drug-likeness (QED) is 0.434. The van der Waals surface area contributed by atoms with Gasteiger partial charge in [0.2, 0.25) is 0 Å². The largest absolute Gasteiger partial charge is 0.193 e. The van der Waals surface area contributed by atoms with Crippen LogP contribution in [-0.4, -0.2) is 0 Å². The summed E-state index contributed by atoms with van der Waals surface area (Å²) in [5.41, 5.74) is 0.625. The molecule has 0 aromatic rings. The lowest BCUT2D eigenvalue weighted by atomic mass is 10.2. The van der Waals surface area contributed by atoms with Crippen molar-refractivity contribution >= 4 is 0 Å². The van der Waals surface area contributed by atoms with Gasteiger partial charge in [0.05, 0.1) is 12.1 Å². The second kappa shape index (κ2) is 2.82. The second-order valence-corrected chi connectivity index (χ2v) is 1.33. The number of nitriles is 2. The van der Waals surface area contributed by atoms with E-state index in [0.717, 1.165) is 0 Å². The number of hydrogen-bond donors (Lipinski definition) is 0. The summed E-state index contributed by atoms with van der Waals surface area (Å²) in [6.07, 6.45) is 0. The Morgan fingerprint density at radius 3 is 2.00 bits per heavy atom. The van der Waals surface area contributed by atoms with Crippen molar-refractivity contribution in [2.24, 2.45) is 0 Å². The molecular formula is C6H5N2. The van der Waals surface area contributed by atoms with Gasteiger partial charge in [0.1, 0.15) is 0 Å². The fourth-order valence-corrected chi connectivity index (χ4v) is 0.151. The van der Waals surface area contributed by atoms with Gasteiger partial charge in [0.25, 0.3) is 0 Å². The van der Waals surface area contributed by atoms with Crippen molar-refractivity contribution in [2.75, 3.05) is 0 Å². The van der Waals surface area contributed by atoms with Crippen LogP contribution in [0.25, 0.3) is 0 Å². The fourth-order valence-electron chi connectivity index (χ4n) is 0.151. The molecule has 0 N–H and O–H groups in total. The molecular weight excluding hydrogens is 100 g/mol. The predicted octanol–water partition coefficient (Wildman–Crippen LogP) is 1.18. The van der Waals surface area contributed by atoms with Crippen molar-refractivity contribution in [2.45, 2.75) is 6.92 Å². The first-order chi connectivity index (χ1) is 3.72. The third-order valence-electron chi connectivity index (χ3n) is 0.755. The predicted molar refractivity (Wildman–Crippen MR) is 29.3 cm³/mol. The molecule has 0 atom stereocenters. The smallest absolute Gasteiger partial charge is 0.0957 e. The van der Waals surface area contributed by atoms with Crippen molar-refractivity contribution < 1.29 is 0 Å². The summed E-state index contributed by atoms with van der Waals surface area (Å²) in [4.78, 5) is 0. The molecule has 0 saturated heterocycles. The Labute approximate surface area is 48.7 Å². The van der Waals surface area contributed by atoms with E-state index in [9.17, 15) is 0 Å². The van der Waals surface area contributed by atoms with Crippen molar-refractivity contribution in [3.63, 3.8) is 0 Å². The van der Waals surface area contributed by atoms with Crippen LogP contribution in [0, 0.1) is 29.6 Å². The minimum Gasteiger partial charge on any atom is -0.193 e. The van der Waals surface area contributed by atoms with Crippen LogP contribution in [0.15, 0.2) is 11.1 Å². The molecule has 2 nitrogen and oxygen atoms in total. The molecule has 0 aliphatic carbocycles. The van der Waals surface area contributed by atoms with Crippen LogP contribution >= 0.6 is 0 Å². The molecule has 8 heavy (non-hydrogen) atoms. The summed E-state index contributed by atoms with van der Waals surface area (Å²) in [6.45, 7) is 4.88. The van der Waals surface area contributed by atoms with Crippen molar-refractivity contribution in [1.82, 2.24) is 0 Å². The van der Waals surface area contributed by atoms with Gasteiger partial charge in [-0.15, -0.1) is 0 Å². The van der Waals surface area contributed by atoms with Crippen LogP contribution in [-0.2, 0) is 0 Å². The maximum Gasteiger partial charge on any atom is 0.0957 e. The molecule has 0 aromatic heterocycles. The molecule has 0 fully saturated rings. The summed E-state index contributed by atoms with van der Waals surface area (Å²) < 4.78 is 0. The summed E-state index contributed by atoms with van der Waals surface area (Å²) in [6, 6.07) is 3.57.